The Morgan fingerprint density at radius 2 is 1.10 bits per heavy atom. The van der Waals surface area contributed by atoms with Crippen LogP contribution in [0, 0.1) is 6.92 Å². The summed E-state index contributed by atoms with van der Waals surface area (Å²) in [5, 5.41) is 74.8. The number of benzene rings is 8. The Morgan fingerprint density at radius 3 is 1.76 bits per heavy atom. The molecule has 0 aliphatic carbocycles. The van der Waals surface area contributed by atoms with E-state index in [0.29, 0.717) is 11.1 Å². The number of aromatic hydroxyl groups is 3. The van der Waals surface area contributed by atoms with Crippen LogP contribution in [0.2, 0.25) is 0 Å². The van der Waals surface area contributed by atoms with Crippen molar-refractivity contribution in [3.63, 3.8) is 0 Å². The van der Waals surface area contributed by atoms with Gasteiger partial charge in [-0.15, -0.1) is 30.7 Å². The average molecular weight is 1120 g/mol. The third-order valence-corrected chi connectivity index (χ3v) is 14.2. The van der Waals surface area contributed by atoms with Gasteiger partial charge in [0.05, 0.1) is 43.3 Å². The number of aromatic carboxylic acids is 1. The van der Waals surface area contributed by atoms with Gasteiger partial charge in [0.15, 0.2) is 11.5 Å². The van der Waals surface area contributed by atoms with Crippen LogP contribution in [-0.2, 0) is 30.4 Å². The quantitative estimate of drug-likeness (QED) is 0.0253. The molecule has 0 aliphatic heterocycles. The molecular formula is C49H39N9O17S3. The molecule has 0 atom stereocenters. The number of methoxy groups -OCH3 is 3. The number of nitrogens with two attached hydrogens (primary N) is 1. The number of nitrogen functional groups attached to an aromatic ring is 1. The maximum Gasteiger partial charge on any atom is 0.339 e. The minimum atomic E-state index is -5.22. The Morgan fingerprint density at radius 1 is 0.513 bits per heavy atom. The van der Waals surface area contributed by atoms with E-state index in [1.54, 1.807) is 19.1 Å². The van der Waals surface area contributed by atoms with Crippen LogP contribution in [-0.4, -0.2) is 86.6 Å². The van der Waals surface area contributed by atoms with E-state index < -0.39 is 79.6 Å². The van der Waals surface area contributed by atoms with Crippen LogP contribution >= 0.6 is 0 Å². The van der Waals surface area contributed by atoms with Crippen molar-refractivity contribution in [1.29, 1.82) is 0 Å². The van der Waals surface area contributed by atoms with Crippen LogP contribution in [0.15, 0.2) is 165 Å². The van der Waals surface area contributed by atoms with Crippen molar-refractivity contribution in [2.45, 2.75) is 21.6 Å². The first kappa shape index (κ1) is 54.7. The van der Waals surface area contributed by atoms with Gasteiger partial charge in [0.1, 0.15) is 72.5 Å². The molecule has 29 heteroatoms. The number of ether oxygens (including phenoxy) is 3. The summed E-state index contributed by atoms with van der Waals surface area (Å²) in [6.07, 6.45) is 0. The molecule has 400 valence electrons. The third-order valence-electron chi connectivity index (χ3n) is 11.6. The molecule has 8 aromatic carbocycles. The second-order valence-corrected chi connectivity index (χ2v) is 20.6. The number of hydrogen-bond donors (Lipinski definition) is 8. The highest BCUT2D eigenvalue weighted by molar-refractivity contribution is 7.86. The van der Waals surface area contributed by atoms with E-state index in [-0.39, 0.29) is 89.7 Å². The van der Waals surface area contributed by atoms with Gasteiger partial charge in [0.2, 0.25) is 0 Å². The van der Waals surface area contributed by atoms with Crippen LogP contribution in [0.1, 0.15) is 15.9 Å². The number of rotatable bonds is 16. The van der Waals surface area contributed by atoms with Gasteiger partial charge >= 0.3 is 5.97 Å². The number of aryl methyl sites for hydroxylation is 1. The number of hydrogen-bond acceptors (Lipinski definition) is 22. The summed E-state index contributed by atoms with van der Waals surface area (Å²) in [6.45, 7) is 1.66. The summed E-state index contributed by atoms with van der Waals surface area (Å²) in [6, 6.07) is 23.0. The zero-order valence-electron chi connectivity index (χ0n) is 40.5. The molecule has 0 fully saturated rings. The number of phenolic OH excluding ortho intramolecular Hbond substituents is 2. The highest BCUT2D eigenvalue weighted by Gasteiger charge is 2.26. The third kappa shape index (κ3) is 11.1. The van der Waals surface area contributed by atoms with E-state index in [9.17, 15) is 64.1 Å². The fourth-order valence-electron chi connectivity index (χ4n) is 7.75. The van der Waals surface area contributed by atoms with Crippen molar-refractivity contribution < 1.29 is 78.3 Å². The molecule has 8 aromatic rings. The van der Waals surface area contributed by atoms with Crippen LogP contribution in [0.5, 0.6) is 34.5 Å². The maximum absolute atomic E-state index is 13.1. The first-order chi connectivity index (χ1) is 36.8. The lowest BCUT2D eigenvalue weighted by atomic mass is 10.0. The Hall–Kier alpha value is -9.52. The number of fused-ring (bicyclic) bond motifs is 2. The zero-order chi connectivity index (χ0) is 56.6. The molecule has 0 aromatic heterocycles. The van der Waals surface area contributed by atoms with E-state index >= 15 is 0 Å². The van der Waals surface area contributed by atoms with E-state index in [0.717, 1.165) is 42.5 Å². The summed E-state index contributed by atoms with van der Waals surface area (Å²) in [4.78, 5) is 8.97. The zero-order valence-corrected chi connectivity index (χ0v) is 42.9. The molecule has 0 saturated heterocycles. The molecule has 0 spiro atoms. The number of carbonyl (C=O) groups is 1. The van der Waals surface area contributed by atoms with Gasteiger partial charge in [-0.3, -0.25) is 13.7 Å². The highest BCUT2D eigenvalue weighted by Crippen LogP contribution is 2.49. The summed E-state index contributed by atoms with van der Waals surface area (Å²) in [5.74, 6) is -3.19. The molecule has 78 heavy (non-hydrogen) atoms. The molecular weight excluding hydrogens is 1080 g/mol. The predicted molar refractivity (Wildman–Crippen MR) is 280 cm³/mol. The van der Waals surface area contributed by atoms with Crippen molar-refractivity contribution in [2.24, 2.45) is 40.9 Å². The fraction of sp³-hybridized carbons (Fsp3) is 0.0816. The second-order valence-electron chi connectivity index (χ2n) is 16.4. The van der Waals surface area contributed by atoms with Gasteiger partial charge in [0, 0.05) is 27.8 Å². The molecule has 0 saturated carbocycles. The Bertz CT molecular complexity index is 4310. The molecule has 0 heterocycles. The van der Waals surface area contributed by atoms with Crippen LogP contribution in [0.25, 0.3) is 32.7 Å². The van der Waals surface area contributed by atoms with Gasteiger partial charge in [0.25, 0.3) is 30.4 Å². The minimum Gasteiger partial charge on any atom is -0.507 e. The molecule has 0 unspecified atom stereocenters. The van der Waals surface area contributed by atoms with E-state index in [1.807, 2.05) is 0 Å². The number of azo groups is 4. The van der Waals surface area contributed by atoms with Gasteiger partial charge in [-0.05, 0) is 108 Å². The van der Waals surface area contributed by atoms with Crippen molar-refractivity contribution in [3.05, 3.63) is 120 Å². The number of carboxylic acid groups (broad SMARTS) is 1. The smallest absolute Gasteiger partial charge is 0.339 e. The van der Waals surface area contributed by atoms with Crippen molar-refractivity contribution in [2.75, 3.05) is 27.1 Å². The summed E-state index contributed by atoms with van der Waals surface area (Å²) < 4.78 is 121. The van der Waals surface area contributed by atoms with Crippen LogP contribution < -0.4 is 19.9 Å². The maximum atomic E-state index is 13.1. The Kier molecular flexibility index (Phi) is 14.9. The molecule has 0 amide bonds. The van der Waals surface area contributed by atoms with Crippen LogP contribution in [0.4, 0.5) is 51.2 Å². The average Bonchev–Trinajstić information content (AvgIpc) is 3.42. The summed E-state index contributed by atoms with van der Waals surface area (Å²) in [5.41, 5.74) is 5.90. The normalized spacial score (nSPS) is 12.4. The number of carboxylic acids is 1. The molecule has 26 nitrogen and oxygen atoms in total. The van der Waals surface area contributed by atoms with Gasteiger partial charge in [-0.2, -0.15) is 35.5 Å². The van der Waals surface area contributed by atoms with Crippen molar-refractivity contribution in [1.82, 2.24) is 0 Å². The minimum absolute atomic E-state index is 0.000461. The molecule has 9 N–H and O–H groups in total. The Labute approximate surface area is 441 Å². The van der Waals surface area contributed by atoms with Crippen LogP contribution in [0.3, 0.4) is 0 Å². The lowest BCUT2D eigenvalue weighted by Crippen LogP contribution is -2.00. The van der Waals surface area contributed by atoms with E-state index in [2.05, 4.69) is 40.9 Å². The number of phenols is 3. The lowest BCUT2D eigenvalue weighted by Gasteiger charge is -2.13. The van der Waals surface area contributed by atoms with Gasteiger partial charge < -0.3 is 40.4 Å². The Balaban J connectivity index is 1.15. The standard InChI is InChI=1S/C49H39N9O17S3/c1-23-16-36(40(75-4)22-35(23)53-51-26-9-15-37(59)32(20-26)49(62)63)54-55-43-31-21-42(78(70,71)72)46(48(61)30(31)12-13-33(43)50)58-56-44-28(6-5-7-38(44)73-2)24-8-14-34(39(18-24)74-3)52-57-45-41(77(67,68)69)19-25-17-27(76(64,65)66)10-11-29(25)47(45)60/h5-22,59-61H,50H2,1-4H3,(H,62,63)(H,64,65,66)(H,67,68,69)(H,70,71,72). The van der Waals surface area contributed by atoms with Crippen molar-refractivity contribution >= 4 is 109 Å². The largest absolute Gasteiger partial charge is 0.507 e. The first-order valence-electron chi connectivity index (χ1n) is 21.9. The SMILES string of the molecule is COc1cc(-c2cccc(OC)c2N=Nc2c(S(=O)(=O)O)cc3c(N=Nc4cc(C)c(N=Nc5ccc(O)c(C(=O)O)c5)cc4OC)c(N)ccc3c2O)ccc1N=Nc1c(S(=O)(=O)O)cc2cc(S(=O)(=O)O)ccc2c1O. The molecule has 0 aliphatic rings. The van der Waals surface area contributed by atoms with E-state index in [4.69, 9.17) is 19.9 Å². The topological polar surface area (TPSA) is 414 Å². The first-order valence-corrected chi connectivity index (χ1v) is 26.2. The fourth-order valence-corrected chi connectivity index (χ4v) is 9.57. The van der Waals surface area contributed by atoms with E-state index in [1.165, 1.54) is 75.9 Å². The number of nitrogens with zero attached hydrogens (tertiary/aromatic N) is 8. The second kappa shape index (κ2) is 21.2. The number of anilines is 1. The van der Waals surface area contributed by atoms with Gasteiger partial charge in [-0.1, -0.05) is 18.2 Å². The molecule has 0 bridgehead atoms. The molecule has 8 rings (SSSR count). The molecule has 0 radical (unpaired) electrons. The summed E-state index contributed by atoms with van der Waals surface area (Å²) in [7, 11) is -11.2. The van der Waals surface area contributed by atoms with Crippen molar-refractivity contribution in [3.8, 4) is 45.6 Å². The van der Waals surface area contributed by atoms with Gasteiger partial charge in [-0.25, -0.2) is 4.79 Å². The highest BCUT2D eigenvalue weighted by atomic mass is 32.2. The lowest BCUT2D eigenvalue weighted by molar-refractivity contribution is 0.0693. The summed E-state index contributed by atoms with van der Waals surface area (Å²) >= 11 is 0. The predicted octanol–water partition coefficient (Wildman–Crippen LogP) is 11.8. The monoisotopic (exact) mass is 1120 g/mol.